The van der Waals surface area contributed by atoms with Gasteiger partial charge in [-0.05, 0) is 85.3 Å². The monoisotopic (exact) mass is 699 g/mol. The van der Waals surface area contributed by atoms with Gasteiger partial charge in [0, 0.05) is 25.9 Å². The Balaban J connectivity index is 2.02. The van der Waals surface area contributed by atoms with Crippen molar-refractivity contribution in [3.05, 3.63) is 47.5 Å². The van der Waals surface area contributed by atoms with Gasteiger partial charge in [-0.3, -0.25) is 24.0 Å². The number of benzene rings is 2. The minimum Gasteiger partial charge on any atom is -0.508 e. The Morgan fingerprint density at radius 3 is 2.00 bits per heavy atom. The van der Waals surface area contributed by atoms with Crippen LogP contribution >= 0.6 is 0 Å². The predicted molar refractivity (Wildman–Crippen MR) is 184 cm³/mol. The summed E-state index contributed by atoms with van der Waals surface area (Å²) in [6, 6.07) is 3.18. The molecular weight excluding hydrogens is 650 g/mol. The van der Waals surface area contributed by atoms with Crippen LogP contribution in [0.5, 0.6) is 11.5 Å². The number of carbonyl (C=O) groups excluding carboxylic acids is 5. The highest BCUT2D eigenvalue weighted by Gasteiger charge is 2.32. The van der Waals surface area contributed by atoms with Gasteiger partial charge < -0.3 is 64.8 Å². The number of phenolic OH excluding ortho intramolecular Hbond substituents is 2. The zero-order chi connectivity index (χ0) is 36.8. The van der Waals surface area contributed by atoms with Gasteiger partial charge in [-0.1, -0.05) is 12.1 Å². The second-order valence-electron chi connectivity index (χ2n) is 12.1. The van der Waals surface area contributed by atoms with Crippen LogP contribution in [-0.4, -0.2) is 108 Å². The second-order valence-corrected chi connectivity index (χ2v) is 12.1. The second kappa shape index (κ2) is 19.4. The Labute approximate surface area is 289 Å². The highest BCUT2D eigenvalue weighted by molar-refractivity contribution is 5.96. The molecule has 0 radical (unpaired) electrons. The lowest BCUT2D eigenvalue weighted by Gasteiger charge is -2.27. The van der Waals surface area contributed by atoms with Gasteiger partial charge in [0.2, 0.25) is 29.5 Å². The van der Waals surface area contributed by atoms with Gasteiger partial charge in [0.1, 0.15) is 35.7 Å². The molecule has 50 heavy (non-hydrogen) atoms. The highest BCUT2D eigenvalue weighted by atomic mass is 16.3. The van der Waals surface area contributed by atoms with Crippen LogP contribution in [0, 0.1) is 0 Å². The molecule has 16 N–H and O–H groups in total. The van der Waals surface area contributed by atoms with Crippen molar-refractivity contribution in [3.8, 4) is 22.6 Å². The van der Waals surface area contributed by atoms with Gasteiger partial charge in [0.25, 0.3) is 0 Å². The normalized spacial score (nSPS) is 19.1. The number of carbonyl (C=O) groups is 5. The molecule has 0 aliphatic carbocycles. The lowest BCUT2D eigenvalue weighted by molar-refractivity contribution is -0.135. The van der Waals surface area contributed by atoms with E-state index in [0.717, 1.165) is 0 Å². The summed E-state index contributed by atoms with van der Waals surface area (Å²) < 4.78 is 0. The number of phenols is 2. The standard InChI is InChI=1S/C33H49N9O8/c34-9-1-3-23-31(48)41-25(33(50)40-24(4-2-10-35)32(49)42-26(17-43)30(47)38-12-11-36)16-21-14-19(6-8-28(21)45)18-5-7-27(44)20(13-18)15-22(37)29(46)39-23/h5-8,13-14,22-26,43-45H,1-4,9-12,15-17,34-37H2,(H,38,47)(H,39,46)(H,40,50)(H,41,48)(H,42,49)/t22-,23-,24-,25-,26-/m0/s1. The van der Waals surface area contributed by atoms with Crippen molar-refractivity contribution in [2.75, 3.05) is 32.8 Å². The number of aromatic hydroxyl groups is 2. The third-order valence-corrected chi connectivity index (χ3v) is 8.24. The minimum atomic E-state index is -1.38. The van der Waals surface area contributed by atoms with Gasteiger partial charge >= 0.3 is 0 Å². The molecule has 5 atom stereocenters. The van der Waals surface area contributed by atoms with Gasteiger partial charge in [-0.2, -0.15) is 0 Å². The first-order chi connectivity index (χ1) is 23.9. The van der Waals surface area contributed by atoms with Gasteiger partial charge in [0.05, 0.1) is 12.6 Å². The van der Waals surface area contributed by atoms with E-state index in [1.807, 2.05) is 0 Å². The van der Waals surface area contributed by atoms with E-state index < -0.39 is 66.4 Å². The van der Waals surface area contributed by atoms with Crippen LogP contribution in [0.4, 0.5) is 0 Å². The predicted octanol–water partition coefficient (Wildman–Crippen LogP) is -3.33. The Kier molecular flexibility index (Phi) is 15.4. The van der Waals surface area contributed by atoms with Crippen LogP contribution < -0.4 is 49.5 Å². The molecule has 0 unspecified atom stereocenters. The average molecular weight is 700 g/mol. The molecule has 0 fully saturated rings. The summed E-state index contributed by atoms with van der Waals surface area (Å²) in [5, 5.41) is 43.9. The number of hydrogen-bond acceptors (Lipinski definition) is 12. The molecule has 0 saturated heterocycles. The maximum Gasteiger partial charge on any atom is 0.245 e. The van der Waals surface area contributed by atoms with Crippen molar-refractivity contribution in [2.24, 2.45) is 22.9 Å². The van der Waals surface area contributed by atoms with Crippen molar-refractivity contribution in [3.63, 3.8) is 0 Å². The zero-order valence-electron chi connectivity index (χ0n) is 27.8. The molecule has 0 saturated carbocycles. The number of hydrogen-bond donors (Lipinski definition) is 12. The largest absolute Gasteiger partial charge is 0.508 e. The fourth-order valence-electron chi connectivity index (χ4n) is 5.41. The van der Waals surface area contributed by atoms with E-state index in [0.29, 0.717) is 29.5 Å². The molecule has 17 heteroatoms. The molecule has 1 heterocycles. The zero-order valence-corrected chi connectivity index (χ0v) is 27.8. The summed E-state index contributed by atoms with van der Waals surface area (Å²) in [6.45, 7) is -0.104. The van der Waals surface area contributed by atoms with Crippen molar-refractivity contribution < 1.29 is 39.3 Å². The lowest BCUT2D eigenvalue weighted by Crippen LogP contribution is -2.59. The van der Waals surface area contributed by atoms with E-state index in [-0.39, 0.29) is 68.9 Å². The van der Waals surface area contributed by atoms with E-state index in [2.05, 4.69) is 26.6 Å². The van der Waals surface area contributed by atoms with E-state index in [9.17, 15) is 39.3 Å². The molecule has 0 aromatic heterocycles. The Morgan fingerprint density at radius 1 is 0.800 bits per heavy atom. The number of amides is 5. The summed E-state index contributed by atoms with van der Waals surface area (Å²) in [5.74, 6) is -3.94. The van der Waals surface area contributed by atoms with Crippen molar-refractivity contribution >= 4 is 29.5 Å². The smallest absolute Gasteiger partial charge is 0.245 e. The number of fused-ring (bicyclic) bond motifs is 5. The summed E-state index contributed by atoms with van der Waals surface area (Å²) in [4.78, 5) is 66.6. The molecule has 2 aromatic carbocycles. The SMILES string of the molecule is NCCC[C@H](NC(=O)[C@@H]1Cc2cc(ccc2O)-c2ccc(O)c(c2)C[C@H](N)C(=O)N[C@@H](CCCN)C(=O)N1)C(=O)N[C@@H](CO)C(=O)NCCN. The number of aliphatic hydroxyl groups is 1. The van der Waals surface area contributed by atoms with Crippen LogP contribution in [0.1, 0.15) is 36.8 Å². The summed E-state index contributed by atoms with van der Waals surface area (Å²) >= 11 is 0. The summed E-state index contributed by atoms with van der Waals surface area (Å²) in [5.41, 5.74) is 24.9. The van der Waals surface area contributed by atoms with E-state index in [4.69, 9.17) is 22.9 Å². The fourth-order valence-corrected chi connectivity index (χ4v) is 5.41. The topological polar surface area (TPSA) is 310 Å². The maximum atomic E-state index is 14.0. The van der Waals surface area contributed by atoms with Crippen LogP contribution in [0.2, 0.25) is 0 Å². The first kappa shape index (κ1) is 39.6. The first-order valence-electron chi connectivity index (χ1n) is 16.5. The first-order valence-corrected chi connectivity index (χ1v) is 16.5. The molecule has 1 aliphatic heterocycles. The van der Waals surface area contributed by atoms with Crippen molar-refractivity contribution in [1.82, 2.24) is 26.6 Å². The maximum absolute atomic E-state index is 14.0. The van der Waals surface area contributed by atoms with E-state index >= 15 is 0 Å². The molecular formula is C33H49N9O8. The fraction of sp³-hybridized carbons (Fsp3) is 0.485. The Hall–Kier alpha value is -4.81. The lowest BCUT2D eigenvalue weighted by atomic mass is 9.95. The minimum absolute atomic E-state index is 0.0499. The number of nitrogens with one attached hydrogen (secondary N) is 5. The molecule has 2 aromatic rings. The molecule has 4 bridgehead atoms. The van der Waals surface area contributed by atoms with E-state index in [1.54, 1.807) is 24.3 Å². The molecule has 0 spiro atoms. The van der Waals surface area contributed by atoms with Crippen LogP contribution in [0.15, 0.2) is 36.4 Å². The van der Waals surface area contributed by atoms with Crippen molar-refractivity contribution in [2.45, 2.75) is 68.7 Å². The Bertz CT molecular complexity index is 1510. The molecule has 274 valence electrons. The molecule has 1 aliphatic rings. The van der Waals surface area contributed by atoms with Gasteiger partial charge in [0.15, 0.2) is 0 Å². The summed E-state index contributed by atoms with van der Waals surface area (Å²) in [7, 11) is 0. The van der Waals surface area contributed by atoms with Crippen LogP contribution in [0.25, 0.3) is 11.1 Å². The number of aliphatic hydroxyl groups excluding tert-OH is 1. The quantitative estimate of drug-likeness (QED) is 0.0922. The van der Waals surface area contributed by atoms with Gasteiger partial charge in [-0.25, -0.2) is 0 Å². The van der Waals surface area contributed by atoms with E-state index in [1.165, 1.54) is 12.1 Å². The van der Waals surface area contributed by atoms with Crippen LogP contribution in [-0.2, 0) is 36.8 Å². The molecule has 5 amide bonds. The highest BCUT2D eigenvalue weighted by Crippen LogP contribution is 2.31. The molecule has 3 rings (SSSR count). The summed E-state index contributed by atoms with van der Waals surface area (Å²) in [6.07, 6.45) is 0.489. The number of rotatable bonds is 14. The van der Waals surface area contributed by atoms with Gasteiger partial charge in [-0.15, -0.1) is 0 Å². The molecule has 17 nitrogen and oxygen atoms in total. The number of nitrogens with two attached hydrogens (primary N) is 4. The third-order valence-electron chi connectivity index (χ3n) is 8.24. The van der Waals surface area contributed by atoms with Crippen molar-refractivity contribution in [1.29, 1.82) is 0 Å². The van der Waals surface area contributed by atoms with Crippen LogP contribution in [0.3, 0.4) is 0 Å². The Morgan fingerprint density at radius 2 is 1.42 bits per heavy atom. The third kappa shape index (κ3) is 11.1. The average Bonchev–Trinajstić information content (AvgIpc) is 3.10.